The van der Waals surface area contributed by atoms with Crippen LogP contribution in [0.4, 0.5) is 0 Å². The minimum absolute atomic E-state index is 0.148. The van der Waals surface area contributed by atoms with Gasteiger partial charge in [0.15, 0.2) is 0 Å². The van der Waals surface area contributed by atoms with Gasteiger partial charge in [0, 0.05) is 12.1 Å². The van der Waals surface area contributed by atoms with E-state index < -0.39 is 0 Å². The predicted molar refractivity (Wildman–Crippen MR) is 82.8 cm³/mol. The Morgan fingerprint density at radius 1 is 1.20 bits per heavy atom. The summed E-state index contributed by atoms with van der Waals surface area (Å²) in [5.41, 5.74) is 9.47. The zero-order valence-electron chi connectivity index (χ0n) is 13.0. The second-order valence-corrected chi connectivity index (χ2v) is 7.74. The molecule has 110 valence electrons. The van der Waals surface area contributed by atoms with E-state index in [2.05, 4.69) is 45.0 Å². The van der Waals surface area contributed by atoms with Crippen LogP contribution in [0.1, 0.15) is 51.2 Å². The number of rotatable bonds is 3. The molecule has 1 aliphatic carbocycles. The molecule has 1 aromatic rings. The van der Waals surface area contributed by atoms with Crippen LogP contribution in [0, 0.1) is 5.92 Å². The molecule has 2 unspecified atom stereocenters. The van der Waals surface area contributed by atoms with Gasteiger partial charge in [-0.15, -0.1) is 0 Å². The van der Waals surface area contributed by atoms with E-state index in [0.29, 0.717) is 0 Å². The Labute approximate surface area is 122 Å². The van der Waals surface area contributed by atoms with Crippen LogP contribution in [0.5, 0.6) is 0 Å². The largest absolute Gasteiger partial charge is 0.376 e. The molecule has 1 aliphatic heterocycles. The highest BCUT2D eigenvalue weighted by atomic mass is 16.5. The van der Waals surface area contributed by atoms with Gasteiger partial charge in [-0.1, -0.05) is 45.0 Å². The lowest BCUT2D eigenvalue weighted by Crippen LogP contribution is -2.50. The van der Waals surface area contributed by atoms with Crippen molar-refractivity contribution in [1.82, 2.24) is 0 Å². The van der Waals surface area contributed by atoms with Crippen LogP contribution in [0.15, 0.2) is 24.3 Å². The fourth-order valence-corrected chi connectivity index (χ4v) is 3.38. The van der Waals surface area contributed by atoms with E-state index in [1.54, 1.807) is 0 Å². The summed E-state index contributed by atoms with van der Waals surface area (Å²) in [5.74, 6) is 0.719. The number of nitrogens with two attached hydrogens (primary N) is 1. The van der Waals surface area contributed by atoms with Crippen molar-refractivity contribution in [2.24, 2.45) is 11.7 Å². The molecule has 20 heavy (non-hydrogen) atoms. The van der Waals surface area contributed by atoms with Crippen LogP contribution < -0.4 is 5.73 Å². The lowest BCUT2D eigenvalue weighted by molar-refractivity contribution is 0.0626. The van der Waals surface area contributed by atoms with Gasteiger partial charge in [0.2, 0.25) is 0 Å². The minimum atomic E-state index is -0.148. The highest BCUT2D eigenvalue weighted by Crippen LogP contribution is 2.43. The minimum Gasteiger partial charge on any atom is -0.376 e. The van der Waals surface area contributed by atoms with Gasteiger partial charge in [-0.05, 0) is 48.1 Å². The summed E-state index contributed by atoms with van der Waals surface area (Å²) >= 11 is 0. The quantitative estimate of drug-likeness (QED) is 0.916. The topological polar surface area (TPSA) is 35.2 Å². The zero-order chi connectivity index (χ0) is 14.4. The summed E-state index contributed by atoms with van der Waals surface area (Å²) in [6.07, 6.45) is 4.82. The first-order valence-corrected chi connectivity index (χ1v) is 7.88. The molecule has 2 heteroatoms. The van der Waals surface area contributed by atoms with Crippen molar-refractivity contribution in [1.29, 1.82) is 0 Å². The van der Waals surface area contributed by atoms with Crippen molar-refractivity contribution in [2.75, 3.05) is 6.61 Å². The highest BCUT2D eigenvalue weighted by Gasteiger charge is 2.48. The molecule has 0 spiro atoms. The predicted octanol–water partition coefficient (Wildman–Crippen LogP) is 3.42. The van der Waals surface area contributed by atoms with Gasteiger partial charge in [-0.25, -0.2) is 0 Å². The third-order valence-electron chi connectivity index (χ3n) is 4.83. The summed E-state index contributed by atoms with van der Waals surface area (Å²) < 4.78 is 5.92. The molecule has 2 fully saturated rings. The first-order valence-electron chi connectivity index (χ1n) is 7.88. The second kappa shape index (κ2) is 4.85. The molecule has 1 saturated carbocycles. The first kappa shape index (κ1) is 14.1. The Kier molecular flexibility index (Phi) is 3.42. The summed E-state index contributed by atoms with van der Waals surface area (Å²) in [4.78, 5) is 0. The Morgan fingerprint density at radius 3 is 2.40 bits per heavy atom. The van der Waals surface area contributed by atoms with E-state index in [0.717, 1.165) is 25.4 Å². The van der Waals surface area contributed by atoms with Crippen molar-refractivity contribution in [2.45, 2.75) is 63.5 Å². The molecule has 0 bridgehead atoms. The molecular formula is C18H27NO. The van der Waals surface area contributed by atoms with E-state index in [-0.39, 0.29) is 17.1 Å². The number of benzene rings is 1. The maximum absolute atomic E-state index is 6.68. The fraction of sp³-hybridized carbons (Fsp3) is 0.667. The summed E-state index contributed by atoms with van der Waals surface area (Å²) in [6, 6.07) is 9.00. The average Bonchev–Trinajstić information content (AvgIpc) is 3.13. The Bertz CT molecular complexity index is 469. The Balaban J connectivity index is 1.73. The molecule has 2 nitrogen and oxygen atoms in total. The van der Waals surface area contributed by atoms with Crippen molar-refractivity contribution < 1.29 is 4.74 Å². The number of ether oxygens (including phenoxy) is 1. The van der Waals surface area contributed by atoms with E-state index >= 15 is 0 Å². The zero-order valence-corrected chi connectivity index (χ0v) is 13.0. The Morgan fingerprint density at radius 2 is 1.85 bits per heavy atom. The fourth-order valence-electron chi connectivity index (χ4n) is 3.38. The van der Waals surface area contributed by atoms with E-state index in [1.807, 2.05) is 0 Å². The van der Waals surface area contributed by atoms with Crippen LogP contribution >= 0.6 is 0 Å². The third-order valence-corrected chi connectivity index (χ3v) is 4.83. The van der Waals surface area contributed by atoms with E-state index in [1.165, 1.54) is 24.0 Å². The molecule has 2 aliphatic rings. The molecule has 3 rings (SSSR count). The lowest BCUT2D eigenvalue weighted by Gasteiger charge is -2.30. The third kappa shape index (κ3) is 2.77. The van der Waals surface area contributed by atoms with Crippen molar-refractivity contribution in [3.8, 4) is 0 Å². The van der Waals surface area contributed by atoms with Crippen LogP contribution in [0.2, 0.25) is 0 Å². The highest BCUT2D eigenvalue weighted by molar-refractivity contribution is 5.29. The summed E-state index contributed by atoms with van der Waals surface area (Å²) in [5, 5.41) is 0. The normalized spacial score (nSPS) is 30.7. The average molecular weight is 273 g/mol. The van der Waals surface area contributed by atoms with Gasteiger partial charge in [-0.3, -0.25) is 0 Å². The van der Waals surface area contributed by atoms with E-state index in [9.17, 15) is 0 Å². The molecule has 0 radical (unpaired) electrons. The maximum Gasteiger partial charge on any atom is 0.0786 e. The molecule has 1 heterocycles. The SMILES string of the molecule is CC(C)(C)c1ccc(CC2(N)CCOC2C2CC2)cc1. The Hall–Kier alpha value is -0.860. The van der Waals surface area contributed by atoms with Gasteiger partial charge in [0.1, 0.15) is 0 Å². The monoisotopic (exact) mass is 273 g/mol. The van der Waals surface area contributed by atoms with Gasteiger partial charge in [-0.2, -0.15) is 0 Å². The van der Waals surface area contributed by atoms with Crippen LogP contribution in [0.3, 0.4) is 0 Å². The van der Waals surface area contributed by atoms with Gasteiger partial charge in [0.25, 0.3) is 0 Å². The second-order valence-electron chi connectivity index (χ2n) is 7.74. The molecule has 1 saturated heterocycles. The van der Waals surface area contributed by atoms with Gasteiger partial charge in [0.05, 0.1) is 6.10 Å². The van der Waals surface area contributed by atoms with Crippen molar-refractivity contribution >= 4 is 0 Å². The number of hydrogen-bond donors (Lipinski definition) is 1. The standard InChI is InChI=1S/C18H27NO/c1-17(2,3)15-8-4-13(5-9-15)12-18(19)10-11-20-16(18)14-6-7-14/h4-5,8-9,14,16H,6-7,10-12,19H2,1-3H3. The summed E-state index contributed by atoms with van der Waals surface area (Å²) in [7, 11) is 0. The molecule has 1 aromatic carbocycles. The first-order chi connectivity index (χ1) is 9.38. The van der Waals surface area contributed by atoms with Crippen molar-refractivity contribution in [3.05, 3.63) is 35.4 Å². The van der Waals surface area contributed by atoms with Gasteiger partial charge < -0.3 is 10.5 Å². The smallest absolute Gasteiger partial charge is 0.0786 e. The molecular weight excluding hydrogens is 246 g/mol. The lowest BCUT2D eigenvalue weighted by atomic mass is 9.82. The van der Waals surface area contributed by atoms with Crippen molar-refractivity contribution in [3.63, 3.8) is 0 Å². The summed E-state index contributed by atoms with van der Waals surface area (Å²) in [6.45, 7) is 7.58. The van der Waals surface area contributed by atoms with Crippen LogP contribution in [0.25, 0.3) is 0 Å². The maximum atomic E-state index is 6.68. The molecule has 0 amide bonds. The van der Waals surface area contributed by atoms with E-state index in [4.69, 9.17) is 10.5 Å². The van der Waals surface area contributed by atoms with Crippen LogP contribution in [-0.2, 0) is 16.6 Å². The molecule has 2 atom stereocenters. The van der Waals surface area contributed by atoms with Crippen LogP contribution in [-0.4, -0.2) is 18.2 Å². The molecule has 2 N–H and O–H groups in total. The number of hydrogen-bond acceptors (Lipinski definition) is 2. The molecule has 0 aromatic heterocycles. The van der Waals surface area contributed by atoms with Gasteiger partial charge >= 0.3 is 0 Å².